The van der Waals surface area contributed by atoms with Gasteiger partial charge in [-0.3, -0.25) is 4.79 Å². The molecular formula is C23H24ClFN4O2. The summed E-state index contributed by atoms with van der Waals surface area (Å²) in [7, 11) is 0. The summed E-state index contributed by atoms with van der Waals surface area (Å²) >= 11 is 5.90. The Hall–Kier alpha value is -2.93. The van der Waals surface area contributed by atoms with Gasteiger partial charge in [-0.25, -0.2) is 4.39 Å². The van der Waals surface area contributed by atoms with E-state index in [2.05, 4.69) is 20.4 Å². The van der Waals surface area contributed by atoms with Crippen molar-refractivity contribution in [1.29, 1.82) is 0 Å². The molecule has 0 bridgehead atoms. The number of anilines is 2. The van der Waals surface area contributed by atoms with Crippen LogP contribution in [0, 0.1) is 5.82 Å². The van der Waals surface area contributed by atoms with Crippen LogP contribution in [0.25, 0.3) is 11.4 Å². The number of nitrogens with one attached hydrogen (secondary N) is 1. The molecule has 0 atom stereocenters. The first-order valence-corrected chi connectivity index (χ1v) is 10.9. The van der Waals surface area contributed by atoms with E-state index in [1.165, 1.54) is 18.6 Å². The Morgan fingerprint density at radius 3 is 2.68 bits per heavy atom. The fourth-order valence-electron chi connectivity index (χ4n) is 3.70. The second-order valence-corrected chi connectivity index (χ2v) is 8.07. The van der Waals surface area contributed by atoms with Gasteiger partial charge >= 0.3 is 0 Å². The SMILES string of the molecule is O=C(CCCc1nc(-c2ccc(Cl)cc2)no1)Nc1cc(F)ccc1N1CCCCC1. The summed E-state index contributed by atoms with van der Waals surface area (Å²) in [5.74, 6) is 0.428. The zero-order valence-corrected chi connectivity index (χ0v) is 17.9. The number of aromatic nitrogens is 2. The summed E-state index contributed by atoms with van der Waals surface area (Å²) in [6, 6.07) is 11.7. The third kappa shape index (κ3) is 5.61. The van der Waals surface area contributed by atoms with Gasteiger partial charge in [0.2, 0.25) is 17.6 Å². The van der Waals surface area contributed by atoms with Crippen molar-refractivity contribution in [1.82, 2.24) is 10.1 Å². The van der Waals surface area contributed by atoms with E-state index in [0.29, 0.717) is 35.3 Å². The number of halogens is 2. The Labute approximate surface area is 185 Å². The maximum absolute atomic E-state index is 13.8. The molecule has 1 N–H and O–H groups in total. The Kier molecular flexibility index (Phi) is 6.82. The third-order valence-corrected chi connectivity index (χ3v) is 5.55. The highest BCUT2D eigenvalue weighted by Gasteiger charge is 2.17. The molecule has 4 rings (SSSR count). The van der Waals surface area contributed by atoms with Gasteiger partial charge in [-0.05, 0) is 68.1 Å². The molecule has 2 aromatic carbocycles. The van der Waals surface area contributed by atoms with E-state index in [0.717, 1.165) is 37.2 Å². The van der Waals surface area contributed by atoms with Gasteiger partial charge in [-0.1, -0.05) is 16.8 Å². The molecule has 1 fully saturated rings. The summed E-state index contributed by atoms with van der Waals surface area (Å²) in [5.41, 5.74) is 2.21. The molecule has 8 heteroatoms. The lowest BCUT2D eigenvalue weighted by Crippen LogP contribution is -2.30. The van der Waals surface area contributed by atoms with E-state index in [1.807, 2.05) is 12.1 Å². The highest BCUT2D eigenvalue weighted by molar-refractivity contribution is 6.30. The Morgan fingerprint density at radius 2 is 1.90 bits per heavy atom. The molecule has 1 aliphatic heterocycles. The van der Waals surface area contributed by atoms with E-state index in [1.54, 1.807) is 18.2 Å². The average Bonchev–Trinajstić information content (AvgIpc) is 3.24. The standard InChI is InChI=1S/C23H24ClFN4O2/c24-17-9-7-16(8-10-17)23-27-22(31-28-23)6-4-5-21(30)26-19-15-18(25)11-12-20(19)29-13-2-1-3-14-29/h7-12,15H,1-6,13-14H2,(H,26,30). The molecule has 2 heterocycles. The zero-order valence-electron chi connectivity index (χ0n) is 17.1. The fraction of sp³-hybridized carbons (Fsp3) is 0.348. The lowest BCUT2D eigenvalue weighted by atomic mass is 10.1. The van der Waals surface area contributed by atoms with Gasteiger partial charge in [0.25, 0.3) is 0 Å². The van der Waals surface area contributed by atoms with Crippen molar-refractivity contribution in [3.8, 4) is 11.4 Å². The van der Waals surface area contributed by atoms with Crippen molar-refractivity contribution >= 4 is 28.9 Å². The Morgan fingerprint density at radius 1 is 1.13 bits per heavy atom. The summed E-state index contributed by atoms with van der Waals surface area (Å²) in [6.45, 7) is 1.84. The average molecular weight is 443 g/mol. The lowest BCUT2D eigenvalue weighted by Gasteiger charge is -2.30. The number of benzene rings is 2. The quantitative estimate of drug-likeness (QED) is 0.524. The highest BCUT2D eigenvalue weighted by Crippen LogP contribution is 2.29. The van der Waals surface area contributed by atoms with Crippen LogP contribution < -0.4 is 10.2 Å². The number of amides is 1. The second kappa shape index (κ2) is 9.92. The fourth-order valence-corrected chi connectivity index (χ4v) is 3.83. The van der Waals surface area contributed by atoms with Crippen LogP contribution in [0.5, 0.6) is 0 Å². The first-order chi connectivity index (χ1) is 15.1. The van der Waals surface area contributed by atoms with Crippen molar-refractivity contribution in [2.24, 2.45) is 0 Å². The molecule has 0 radical (unpaired) electrons. The van der Waals surface area contributed by atoms with Gasteiger partial charge < -0.3 is 14.7 Å². The summed E-state index contributed by atoms with van der Waals surface area (Å²) < 4.78 is 19.1. The van der Waals surface area contributed by atoms with E-state index >= 15 is 0 Å². The predicted molar refractivity (Wildman–Crippen MR) is 119 cm³/mol. The smallest absolute Gasteiger partial charge is 0.226 e. The van der Waals surface area contributed by atoms with Crippen molar-refractivity contribution in [3.63, 3.8) is 0 Å². The van der Waals surface area contributed by atoms with Crippen LogP contribution in [0.1, 0.15) is 38.0 Å². The number of hydrogen-bond acceptors (Lipinski definition) is 5. The summed E-state index contributed by atoms with van der Waals surface area (Å²) in [5, 5.41) is 7.49. The molecule has 0 aliphatic carbocycles. The molecule has 0 spiro atoms. The van der Waals surface area contributed by atoms with Crippen LogP contribution in [0.2, 0.25) is 5.02 Å². The maximum atomic E-state index is 13.8. The number of hydrogen-bond donors (Lipinski definition) is 1. The molecule has 162 valence electrons. The molecule has 1 aromatic heterocycles. The Balaban J connectivity index is 1.32. The van der Waals surface area contributed by atoms with Gasteiger partial charge in [-0.2, -0.15) is 4.98 Å². The normalized spacial score (nSPS) is 13.9. The maximum Gasteiger partial charge on any atom is 0.226 e. The molecule has 1 amide bonds. The molecular weight excluding hydrogens is 419 g/mol. The molecule has 0 saturated carbocycles. The molecule has 0 unspecified atom stereocenters. The minimum atomic E-state index is -0.364. The van der Waals surface area contributed by atoms with Gasteiger partial charge in [0.05, 0.1) is 11.4 Å². The minimum absolute atomic E-state index is 0.165. The number of rotatable bonds is 7. The first kappa shape index (κ1) is 21.3. The van der Waals surface area contributed by atoms with E-state index in [9.17, 15) is 9.18 Å². The van der Waals surface area contributed by atoms with E-state index < -0.39 is 0 Å². The van der Waals surface area contributed by atoms with Crippen molar-refractivity contribution in [2.45, 2.75) is 38.5 Å². The second-order valence-electron chi connectivity index (χ2n) is 7.63. The molecule has 1 aliphatic rings. The lowest BCUT2D eigenvalue weighted by molar-refractivity contribution is -0.116. The van der Waals surface area contributed by atoms with Crippen LogP contribution in [-0.2, 0) is 11.2 Å². The van der Waals surface area contributed by atoms with E-state index in [-0.39, 0.29) is 18.1 Å². The van der Waals surface area contributed by atoms with Crippen LogP contribution in [0.4, 0.5) is 15.8 Å². The molecule has 3 aromatic rings. The number of carbonyl (C=O) groups excluding carboxylic acids is 1. The monoisotopic (exact) mass is 442 g/mol. The van der Waals surface area contributed by atoms with Gasteiger partial charge in [-0.15, -0.1) is 0 Å². The zero-order chi connectivity index (χ0) is 21.6. The minimum Gasteiger partial charge on any atom is -0.370 e. The summed E-state index contributed by atoms with van der Waals surface area (Å²) in [4.78, 5) is 19.0. The largest absolute Gasteiger partial charge is 0.370 e. The van der Waals surface area contributed by atoms with Crippen molar-refractivity contribution in [3.05, 3.63) is 59.2 Å². The third-order valence-electron chi connectivity index (χ3n) is 5.29. The van der Waals surface area contributed by atoms with Gasteiger partial charge in [0.1, 0.15) is 5.82 Å². The number of aryl methyl sites for hydroxylation is 1. The van der Waals surface area contributed by atoms with Crippen LogP contribution in [0.3, 0.4) is 0 Å². The molecule has 1 saturated heterocycles. The molecule has 6 nitrogen and oxygen atoms in total. The first-order valence-electron chi connectivity index (χ1n) is 10.5. The van der Waals surface area contributed by atoms with E-state index in [4.69, 9.17) is 16.1 Å². The van der Waals surface area contributed by atoms with Crippen molar-refractivity contribution in [2.75, 3.05) is 23.3 Å². The number of carbonyl (C=O) groups is 1. The van der Waals surface area contributed by atoms with Crippen LogP contribution in [-0.4, -0.2) is 29.1 Å². The van der Waals surface area contributed by atoms with Gasteiger partial charge in [0, 0.05) is 36.5 Å². The number of nitrogens with zero attached hydrogens (tertiary/aromatic N) is 3. The van der Waals surface area contributed by atoms with Crippen LogP contribution in [0.15, 0.2) is 47.0 Å². The van der Waals surface area contributed by atoms with Crippen molar-refractivity contribution < 1.29 is 13.7 Å². The Bertz CT molecular complexity index is 1030. The number of piperidine rings is 1. The predicted octanol–water partition coefficient (Wildman–Crippen LogP) is 5.48. The van der Waals surface area contributed by atoms with Gasteiger partial charge in [0.15, 0.2) is 0 Å². The highest BCUT2D eigenvalue weighted by atomic mass is 35.5. The van der Waals surface area contributed by atoms with Crippen LogP contribution >= 0.6 is 11.6 Å². The molecule has 31 heavy (non-hydrogen) atoms. The topological polar surface area (TPSA) is 71.3 Å². The summed E-state index contributed by atoms with van der Waals surface area (Å²) in [6.07, 6.45) is 4.71.